The third kappa shape index (κ3) is 4.55. The van der Waals surface area contributed by atoms with Crippen LogP contribution in [0.4, 0.5) is 0 Å². The normalized spacial score (nSPS) is 15.2. The first-order valence-corrected chi connectivity index (χ1v) is 10.9. The Labute approximate surface area is 181 Å². The number of nitrogens with zero attached hydrogens (tertiary/aromatic N) is 2. The van der Waals surface area contributed by atoms with Crippen molar-refractivity contribution in [2.75, 3.05) is 19.8 Å². The number of rotatable bonds is 6. The summed E-state index contributed by atoms with van der Waals surface area (Å²) in [5, 5.41) is 9.21. The zero-order valence-corrected chi connectivity index (χ0v) is 18.5. The second kappa shape index (κ2) is 8.82. The number of carbonyl (C=O) groups is 1. The first-order chi connectivity index (χ1) is 14.4. The molecule has 0 saturated carbocycles. The van der Waals surface area contributed by atoms with Gasteiger partial charge in [-0.3, -0.25) is 9.48 Å². The lowest BCUT2D eigenvalue weighted by Gasteiger charge is -2.21. The average Bonchev–Trinajstić information content (AvgIpc) is 3.31. The first kappa shape index (κ1) is 20.9. The van der Waals surface area contributed by atoms with Gasteiger partial charge in [-0.1, -0.05) is 25.4 Å². The van der Waals surface area contributed by atoms with E-state index < -0.39 is 0 Å². The van der Waals surface area contributed by atoms with Crippen LogP contribution in [0.25, 0.3) is 11.0 Å². The summed E-state index contributed by atoms with van der Waals surface area (Å²) in [5.74, 6) is 1.56. The number of hydrogen-bond donors (Lipinski definition) is 1. The molecule has 0 aliphatic carbocycles. The maximum Gasteiger partial charge on any atom is 0.271 e. The molecular formula is C23H28ClN3O3. The lowest BCUT2D eigenvalue weighted by atomic mass is 10.0. The summed E-state index contributed by atoms with van der Waals surface area (Å²) in [5.41, 5.74) is 3.11. The number of ether oxygens (including phenoxy) is 1. The monoisotopic (exact) mass is 429 g/mol. The fourth-order valence-electron chi connectivity index (χ4n) is 3.83. The van der Waals surface area contributed by atoms with E-state index >= 15 is 0 Å². The highest BCUT2D eigenvalue weighted by Gasteiger charge is 2.18. The molecule has 1 aliphatic heterocycles. The number of carbonyl (C=O) groups excluding carboxylic acids is 1. The molecule has 0 radical (unpaired) electrons. The fourth-order valence-corrected chi connectivity index (χ4v) is 4.08. The molecule has 160 valence electrons. The largest absolute Gasteiger partial charge is 0.460 e. The minimum Gasteiger partial charge on any atom is -0.460 e. The molecule has 0 bridgehead atoms. The van der Waals surface area contributed by atoms with Gasteiger partial charge in [0.2, 0.25) is 0 Å². The number of furan rings is 1. The molecular weight excluding hydrogens is 402 g/mol. The Morgan fingerprint density at radius 1 is 1.27 bits per heavy atom. The van der Waals surface area contributed by atoms with Crippen LogP contribution >= 0.6 is 11.6 Å². The Balaban J connectivity index is 1.51. The first-order valence-electron chi connectivity index (χ1n) is 10.5. The number of benzene rings is 1. The summed E-state index contributed by atoms with van der Waals surface area (Å²) in [4.78, 5) is 12.6. The zero-order chi connectivity index (χ0) is 21.3. The molecule has 1 saturated heterocycles. The van der Waals surface area contributed by atoms with Crippen molar-refractivity contribution in [2.45, 2.75) is 46.1 Å². The van der Waals surface area contributed by atoms with E-state index in [0.717, 1.165) is 54.0 Å². The predicted molar refractivity (Wildman–Crippen MR) is 117 cm³/mol. The molecule has 2 aromatic heterocycles. The molecule has 30 heavy (non-hydrogen) atoms. The summed E-state index contributed by atoms with van der Waals surface area (Å²) in [6, 6.07) is 7.69. The predicted octanol–water partition coefficient (Wildman–Crippen LogP) is 4.92. The zero-order valence-electron chi connectivity index (χ0n) is 17.7. The molecule has 1 aromatic carbocycles. The second-order valence-electron chi connectivity index (χ2n) is 8.38. The quantitative estimate of drug-likeness (QED) is 0.603. The summed E-state index contributed by atoms with van der Waals surface area (Å²) < 4.78 is 13.3. The molecule has 7 heteroatoms. The third-order valence-corrected chi connectivity index (χ3v) is 5.89. The summed E-state index contributed by atoms with van der Waals surface area (Å²) in [6.45, 7) is 8.84. The number of nitrogens with one attached hydrogen (secondary N) is 1. The molecule has 3 aromatic rings. The summed E-state index contributed by atoms with van der Waals surface area (Å²) in [6.07, 6.45) is 1.97. The average molecular weight is 430 g/mol. The van der Waals surface area contributed by atoms with E-state index in [2.05, 4.69) is 24.3 Å². The van der Waals surface area contributed by atoms with Crippen molar-refractivity contribution in [2.24, 2.45) is 5.92 Å². The van der Waals surface area contributed by atoms with E-state index in [0.29, 0.717) is 35.6 Å². The number of hydrogen-bond acceptors (Lipinski definition) is 4. The molecule has 1 amide bonds. The van der Waals surface area contributed by atoms with Gasteiger partial charge >= 0.3 is 0 Å². The lowest BCUT2D eigenvalue weighted by molar-refractivity contribution is 0.0642. The van der Waals surface area contributed by atoms with E-state index in [1.807, 2.05) is 35.9 Å². The standard InChI is InChI=1S/C23H28ClN3O3/c1-14(2)21-11-17-9-19(24)10-18(22(17)30-21)13-27-15(3)8-20(26-27)23(28)25-12-16-4-6-29-7-5-16/h8-11,14,16H,4-7,12-13H2,1-3H3,(H,25,28). The van der Waals surface area contributed by atoms with E-state index in [-0.39, 0.29) is 5.91 Å². The highest BCUT2D eigenvalue weighted by molar-refractivity contribution is 6.31. The van der Waals surface area contributed by atoms with Gasteiger partial charge in [0, 0.05) is 47.3 Å². The van der Waals surface area contributed by atoms with Crippen LogP contribution in [-0.4, -0.2) is 35.4 Å². The fraction of sp³-hybridized carbons (Fsp3) is 0.478. The van der Waals surface area contributed by atoms with Gasteiger partial charge < -0.3 is 14.5 Å². The maximum absolute atomic E-state index is 12.6. The van der Waals surface area contributed by atoms with Gasteiger partial charge in [0.25, 0.3) is 5.91 Å². The number of fused-ring (bicyclic) bond motifs is 1. The number of halogens is 1. The molecule has 3 heterocycles. The molecule has 1 N–H and O–H groups in total. The van der Waals surface area contributed by atoms with Crippen molar-refractivity contribution in [3.05, 3.63) is 52.0 Å². The molecule has 4 rings (SSSR count). The van der Waals surface area contributed by atoms with Crippen molar-refractivity contribution >= 4 is 28.5 Å². The van der Waals surface area contributed by atoms with Crippen LogP contribution in [0.15, 0.2) is 28.7 Å². The van der Waals surface area contributed by atoms with Crippen molar-refractivity contribution < 1.29 is 13.9 Å². The molecule has 0 atom stereocenters. The Kier molecular flexibility index (Phi) is 6.16. The van der Waals surface area contributed by atoms with E-state index in [4.69, 9.17) is 20.8 Å². The van der Waals surface area contributed by atoms with Crippen molar-refractivity contribution in [3.63, 3.8) is 0 Å². The Bertz CT molecular complexity index is 1050. The van der Waals surface area contributed by atoms with Crippen LogP contribution in [0.3, 0.4) is 0 Å². The molecule has 1 fully saturated rings. The van der Waals surface area contributed by atoms with Crippen LogP contribution in [0.5, 0.6) is 0 Å². The summed E-state index contributed by atoms with van der Waals surface area (Å²) in [7, 11) is 0. The minimum atomic E-state index is -0.139. The van der Waals surface area contributed by atoms with Gasteiger partial charge in [0.15, 0.2) is 0 Å². The number of aromatic nitrogens is 2. The van der Waals surface area contributed by atoms with Gasteiger partial charge in [-0.2, -0.15) is 5.10 Å². The van der Waals surface area contributed by atoms with Crippen LogP contribution in [0, 0.1) is 12.8 Å². The Morgan fingerprint density at radius 2 is 2.03 bits per heavy atom. The smallest absolute Gasteiger partial charge is 0.271 e. The van der Waals surface area contributed by atoms with Gasteiger partial charge in [0.1, 0.15) is 17.0 Å². The highest BCUT2D eigenvalue weighted by atomic mass is 35.5. The van der Waals surface area contributed by atoms with Gasteiger partial charge in [-0.15, -0.1) is 0 Å². The topological polar surface area (TPSA) is 69.3 Å². The molecule has 1 aliphatic rings. The Morgan fingerprint density at radius 3 is 2.77 bits per heavy atom. The maximum atomic E-state index is 12.6. The van der Waals surface area contributed by atoms with Crippen molar-refractivity contribution in [1.29, 1.82) is 0 Å². The van der Waals surface area contributed by atoms with E-state index in [1.165, 1.54) is 0 Å². The van der Waals surface area contributed by atoms with Gasteiger partial charge in [-0.25, -0.2) is 0 Å². The van der Waals surface area contributed by atoms with Crippen molar-refractivity contribution in [3.8, 4) is 0 Å². The SMILES string of the molecule is Cc1cc(C(=O)NCC2CCOCC2)nn1Cc1cc(Cl)cc2cc(C(C)C)oc12. The third-order valence-electron chi connectivity index (χ3n) is 5.67. The molecule has 0 unspecified atom stereocenters. The Hall–Kier alpha value is -2.31. The van der Waals surface area contributed by atoms with Crippen molar-refractivity contribution in [1.82, 2.24) is 15.1 Å². The summed E-state index contributed by atoms with van der Waals surface area (Å²) >= 11 is 6.35. The lowest BCUT2D eigenvalue weighted by Crippen LogP contribution is -2.32. The van der Waals surface area contributed by atoms with Gasteiger partial charge in [-0.05, 0) is 49.9 Å². The minimum absolute atomic E-state index is 0.139. The molecule has 0 spiro atoms. The number of aryl methyl sites for hydroxylation is 1. The van der Waals surface area contributed by atoms with Crippen LogP contribution in [-0.2, 0) is 11.3 Å². The molecule has 6 nitrogen and oxygen atoms in total. The second-order valence-corrected chi connectivity index (χ2v) is 8.82. The van der Waals surface area contributed by atoms with Crippen LogP contribution in [0.1, 0.15) is 60.1 Å². The van der Waals surface area contributed by atoms with Gasteiger partial charge in [0.05, 0.1) is 6.54 Å². The highest BCUT2D eigenvalue weighted by Crippen LogP contribution is 2.31. The number of amides is 1. The van der Waals surface area contributed by atoms with E-state index in [1.54, 1.807) is 0 Å². The van der Waals surface area contributed by atoms with E-state index in [9.17, 15) is 4.79 Å². The van der Waals surface area contributed by atoms with Crippen LogP contribution < -0.4 is 5.32 Å². The van der Waals surface area contributed by atoms with Crippen LogP contribution in [0.2, 0.25) is 5.02 Å².